The molecule has 240 valence electrons. The largest absolute Gasteiger partial charge is 0.497 e. The highest BCUT2D eigenvalue weighted by molar-refractivity contribution is 7.92. The quantitative estimate of drug-likeness (QED) is 0.229. The Labute approximate surface area is 266 Å². The van der Waals surface area contributed by atoms with E-state index in [9.17, 15) is 26.8 Å². The Bertz CT molecular complexity index is 2100. The highest BCUT2D eigenvalue weighted by atomic mass is 35.5. The average Bonchev–Trinajstić information content (AvgIpc) is 3.32. The van der Waals surface area contributed by atoms with Crippen LogP contribution in [0.2, 0.25) is 5.02 Å². The maximum atomic E-state index is 14.0. The van der Waals surface area contributed by atoms with Gasteiger partial charge in [0, 0.05) is 31.8 Å². The normalized spacial score (nSPS) is 12.2. The lowest BCUT2D eigenvalue weighted by atomic mass is 10.1. The molecule has 0 aliphatic heterocycles. The van der Waals surface area contributed by atoms with Gasteiger partial charge in [-0.05, 0) is 47.5 Å². The molecule has 3 aromatic carbocycles. The molecule has 2 N–H and O–H groups in total. The first-order valence-electron chi connectivity index (χ1n) is 13.5. The summed E-state index contributed by atoms with van der Waals surface area (Å²) in [5.74, 6) is -1.29. The summed E-state index contributed by atoms with van der Waals surface area (Å²) in [5.41, 5.74) is 5.82. The lowest BCUT2D eigenvalue weighted by Gasteiger charge is -2.22. The molecule has 5 rings (SSSR count). The van der Waals surface area contributed by atoms with Gasteiger partial charge in [0.1, 0.15) is 17.4 Å². The summed E-state index contributed by atoms with van der Waals surface area (Å²) in [6, 6.07) is 13.7. The number of nitrogens with zero attached hydrogens (tertiary/aromatic N) is 5. The third-order valence-corrected chi connectivity index (χ3v) is 8.44. The molecule has 0 saturated heterocycles. The number of fused-ring (bicyclic) bond motifs is 1. The number of anilines is 1. The molecule has 16 heteroatoms. The van der Waals surface area contributed by atoms with Gasteiger partial charge in [0.2, 0.25) is 10.0 Å². The van der Waals surface area contributed by atoms with Crippen LogP contribution in [0.15, 0.2) is 71.7 Å². The molecule has 12 nitrogen and oxygen atoms in total. The number of hydrogen-bond acceptors (Lipinski definition) is 8. The Morgan fingerprint density at radius 1 is 1.07 bits per heavy atom. The van der Waals surface area contributed by atoms with Crippen molar-refractivity contribution in [3.05, 3.63) is 111 Å². The number of aromatic nitrogens is 4. The van der Waals surface area contributed by atoms with Crippen LogP contribution in [0.25, 0.3) is 16.6 Å². The number of methoxy groups -OCH3 is 1. The van der Waals surface area contributed by atoms with Crippen LogP contribution in [0.1, 0.15) is 23.1 Å². The van der Waals surface area contributed by atoms with Crippen LogP contribution >= 0.6 is 11.6 Å². The number of carbonyl (C=O) groups is 1. The van der Waals surface area contributed by atoms with Crippen molar-refractivity contribution < 1.29 is 31.5 Å². The highest BCUT2D eigenvalue weighted by Crippen LogP contribution is 2.38. The number of ether oxygens (including phenoxy) is 2. The van der Waals surface area contributed by atoms with E-state index < -0.39 is 39.4 Å². The van der Waals surface area contributed by atoms with Gasteiger partial charge in [-0.25, -0.2) is 31.3 Å². The van der Waals surface area contributed by atoms with Gasteiger partial charge in [0.15, 0.2) is 17.7 Å². The van der Waals surface area contributed by atoms with Crippen molar-refractivity contribution in [2.45, 2.75) is 19.1 Å². The molecule has 2 aromatic heterocycles. The number of carbonyl (C=O) groups excluding carboxylic acids is 1. The van der Waals surface area contributed by atoms with E-state index in [4.69, 9.17) is 26.8 Å². The predicted molar refractivity (Wildman–Crippen MR) is 167 cm³/mol. The second kappa shape index (κ2) is 12.8. The number of benzene rings is 3. The van der Waals surface area contributed by atoms with Gasteiger partial charge in [-0.1, -0.05) is 23.7 Å². The van der Waals surface area contributed by atoms with Crippen LogP contribution in [0, 0.1) is 11.6 Å². The Balaban J connectivity index is 1.70. The van der Waals surface area contributed by atoms with Crippen molar-refractivity contribution >= 4 is 44.4 Å². The Morgan fingerprint density at radius 2 is 1.74 bits per heavy atom. The van der Waals surface area contributed by atoms with E-state index in [2.05, 4.69) is 10.1 Å². The molecule has 0 bridgehead atoms. The molecular formula is C30H27ClF2N6O6S. The summed E-state index contributed by atoms with van der Waals surface area (Å²) in [6.07, 6.45) is -0.698. The van der Waals surface area contributed by atoms with Gasteiger partial charge in [-0.15, -0.1) is 0 Å². The zero-order chi connectivity index (χ0) is 33.3. The van der Waals surface area contributed by atoms with Crippen molar-refractivity contribution in [1.82, 2.24) is 19.3 Å². The molecule has 0 aliphatic carbocycles. The number of nitrogens with two attached hydrogens (primary N) is 1. The summed E-state index contributed by atoms with van der Waals surface area (Å²) in [6.45, 7) is -0.105. The smallest absolute Gasteiger partial charge is 0.405 e. The standard InChI is InChI=1S/C30H27ClF2N6O6S/c1-37-27-23(39-25(40)10-11-35-28(39)24(45-30(34)41)14-18-12-19(32)15-20(33)13-18)9-8-22(31)26(27)29(36-37)38(46(3,42)43)16-17-4-6-21(44-2)7-5-17/h4-13,15,24H,14,16H2,1-3H3,(H2,34,41). The van der Waals surface area contributed by atoms with Crippen LogP contribution < -0.4 is 20.3 Å². The van der Waals surface area contributed by atoms with E-state index >= 15 is 0 Å². The number of halogens is 3. The van der Waals surface area contributed by atoms with Gasteiger partial charge >= 0.3 is 6.09 Å². The fourth-order valence-electron chi connectivity index (χ4n) is 5.10. The minimum atomic E-state index is -3.94. The number of rotatable bonds is 10. The molecule has 1 amide bonds. The summed E-state index contributed by atoms with van der Waals surface area (Å²) in [7, 11) is -0.886. The maximum absolute atomic E-state index is 14.0. The molecule has 2 heterocycles. The number of aryl methyl sites for hydroxylation is 1. The van der Waals surface area contributed by atoms with E-state index in [0.29, 0.717) is 17.4 Å². The van der Waals surface area contributed by atoms with Crippen molar-refractivity contribution in [1.29, 1.82) is 0 Å². The molecule has 5 aromatic rings. The molecule has 0 fully saturated rings. The van der Waals surface area contributed by atoms with E-state index in [1.807, 2.05) is 0 Å². The van der Waals surface area contributed by atoms with Crippen molar-refractivity contribution in [3.8, 4) is 11.4 Å². The third-order valence-electron chi connectivity index (χ3n) is 7.02. The zero-order valence-electron chi connectivity index (χ0n) is 24.6. The molecule has 0 radical (unpaired) electrons. The van der Waals surface area contributed by atoms with Gasteiger partial charge in [0.25, 0.3) is 5.56 Å². The molecule has 0 spiro atoms. The van der Waals surface area contributed by atoms with Crippen molar-refractivity contribution in [3.63, 3.8) is 0 Å². The summed E-state index contributed by atoms with van der Waals surface area (Å²) in [4.78, 5) is 29.7. The van der Waals surface area contributed by atoms with Crippen LogP contribution in [-0.2, 0) is 34.8 Å². The molecular weight excluding hydrogens is 646 g/mol. The van der Waals surface area contributed by atoms with Crippen LogP contribution in [0.3, 0.4) is 0 Å². The fourth-order valence-corrected chi connectivity index (χ4v) is 6.16. The second-order valence-electron chi connectivity index (χ2n) is 10.2. The van der Waals surface area contributed by atoms with Crippen LogP contribution in [-0.4, -0.2) is 47.2 Å². The fraction of sp³-hybridized carbons (Fsp3) is 0.200. The van der Waals surface area contributed by atoms with E-state index in [1.165, 1.54) is 37.2 Å². The Hall–Kier alpha value is -5.02. The van der Waals surface area contributed by atoms with E-state index in [1.54, 1.807) is 24.3 Å². The summed E-state index contributed by atoms with van der Waals surface area (Å²) >= 11 is 6.67. The first kappa shape index (κ1) is 32.4. The molecule has 0 aliphatic rings. The zero-order valence-corrected chi connectivity index (χ0v) is 26.2. The minimum absolute atomic E-state index is 0.0127. The summed E-state index contributed by atoms with van der Waals surface area (Å²) in [5, 5.41) is 4.83. The number of hydrogen-bond donors (Lipinski definition) is 1. The lowest BCUT2D eigenvalue weighted by Crippen LogP contribution is -2.30. The first-order valence-corrected chi connectivity index (χ1v) is 15.7. The Morgan fingerprint density at radius 3 is 2.35 bits per heavy atom. The predicted octanol–water partition coefficient (Wildman–Crippen LogP) is 4.40. The molecule has 1 unspecified atom stereocenters. The van der Waals surface area contributed by atoms with E-state index in [0.717, 1.165) is 33.3 Å². The number of primary amides is 1. The summed E-state index contributed by atoms with van der Waals surface area (Å²) < 4.78 is 68.3. The topological polar surface area (TPSA) is 152 Å². The monoisotopic (exact) mass is 672 g/mol. The van der Waals surface area contributed by atoms with Crippen molar-refractivity contribution in [2.75, 3.05) is 17.7 Å². The third kappa shape index (κ3) is 6.65. The molecule has 0 saturated carbocycles. The van der Waals surface area contributed by atoms with Crippen LogP contribution in [0.4, 0.5) is 19.4 Å². The SMILES string of the molecule is COc1ccc(CN(c2nn(C)c3c(-n4c(C(Cc5cc(F)cc(F)c5)OC(N)=O)nccc4=O)ccc(Cl)c23)S(C)(=O)=O)cc1. The second-order valence-corrected chi connectivity index (χ2v) is 12.6. The van der Waals surface area contributed by atoms with Gasteiger partial charge in [0.05, 0.1) is 41.5 Å². The number of sulfonamides is 1. The van der Waals surface area contributed by atoms with Crippen molar-refractivity contribution in [2.24, 2.45) is 12.8 Å². The van der Waals surface area contributed by atoms with Crippen LogP contribution in [0.5, 0.6) is 5.75 Å². The lowest BCUT2D eigenvalue weighted by molar-refractivity contribution is 0.0997. The minimum Gasteiger partial charge on any atom is -0.497 e. The first-order chi connectivity index (χ1) is 21.8. The van der Waals surface area contributed by atoms with Gasteiger partial charge < -0.3 is 15.2 Å². The maximum Gasteiger partial charge on any atom is 0.405 e. The highest BCUT2D eigenvalue weighted by Gasteiger charge is 2.29. The van der Waals surface area contributed by atoms with Gasteiger partial charge in [-0.2, -0.15) is 5.10 Å². The average molecular weight is 673 g/mol. The number of amides is 1. The van der Waals surface area contributed by atoms with E-state index in [-0.39, 0.29) is 51.8 Å². The molecule has 1 atom stereocenters. The van der Waals surface area contributed by atoms with Gasteiger partial charge in [-0.3, -0.25) is 14.0 Å². The Kier molecular flexibility index (Phi) is 8.99. The molecule has 46 heavy (non-hydrogen) atoms.